The van der Waals surface area contributed by atoms with Crippen molar-refractivity contribution in [1.29, 1.82) is 0 Å². The summed E-state index contributed by atoms with van der Waals surface area (Å²) in [6.07, 6.45) is 0. The Bertz CT molecular complexity index is 2740. The van der Waals surface area contributed by atoms with Gasteiger partial charge in [0.15, 0.2) is 17.5 Å². The summed E-state index contributed by atoms with van der Waals surface area (Å²) in [5.41, 5.74) is 12.8. The number of nitrogens with zero attached hydrogens (tertiary/aromatic N) is 3. The third-order valence-corrected chi connectivity index (χ3v) is 10.9. The van der Waals surface area contributed by atoms with Gasteiger partial charge in [-0.1, -0.05) is 170 Å². The summed E-state index contributed by atoms with van der Waals surface area (Å²) < 4.78 is 0. The van der Waals surface area contributed by atoms with E-state index in [1.54, 1.807) is 0 Å². The maximum atomic E-state index is 5.04. The third kappa shape index (κ3) is 3.92. The minimum Gasteiger partial charge on any atom is -0.208 e. The van der Waals surface area contributed by atoms with Crippen molar-refractivity contribution >= 4 is 21.5 Å². The number of hydrogen-bond acceptors (Lipinski definition) is 3. The molecule has 1 aromatic heterocycles. The number of fused-ring (bicyclic) bond motifs is 7. The van der Waals surface area contributed by atoms with Crippen LogP contribution < -0.4 is 0 Å². The fourth-order valence-electron chi connectivity index (χ4n) is 8.84. The fraction of sp³-hybridized carbons (Fsp3) is 0.0208. The van der Waals surface area contributed by atoms with Gasteiger partial charge < -0.3 is 0 Å². The molecule has 1 spiro atoms. The second-order valence-electron chi connectivity index (χ2n) is 13.5. The van der Waals surface area contributed by atoms with Gasteiger partial charge in [0.1, 0.15) is 0 Å². The second kappa shape index (κ2) is 10.6. The lowest BCUT2D eigenvalue weighted by Crippen LogP contribution is -2.26. The Balaban J connectivity index is 1.14. The van der Waals surface area contributed by atoms with Crippen LogP contribution in [-0.4, -0.2) is 15.0 Å². The fourth-order valence-corrected chi connectivity index (χ4v) is 8.84. The van der Waals surface area contributed by atoms with Gasteiger partial charge in [0.25, 0.3) is 0 Å². The van der Waals surface area contributed by atoms with Crippen LogP contribution in [0.1, 0.15) is 22.3 Å². The van der Waals surface area contributed by atoms with Crippen molar-refractivity contribution in [2.45, 2.75) is 5.41 Å². The molecule has 0 fully saturated rings. The molecule has 3 heteroatoms. The lowest BCUT2D eigenvalue weighted by atomic mass is 9.70. The molecule has 0 unspecified atom stereocenters. The first-order valence-corrected chi connectivity index (χ1v) is 17.5. The number of aromatic nitrogens is 3. The highest BCUT2D eigenvalue weighted by Crippen LogP contribution is 2.63. The average Bonchev–Trinajstić information content (AvgIpc) is 3.69. The van der Waals surface area contributed by atoms with E-state index in [9.17, 15) is 0 Å². The first-order chi connectivity index (χ1) is 25.3. The minimum absolute atomic E-state index is 0.397. The van der Waals surface area contributed by atoms with Crippen molar-refractivity contribution < 1.29 is 0 Å². The van der Waals surface area contributed by atoms with Crippen LogP contribution in [0.3, 0.4) is 0 Å². The van der Waals surface area contributed by atoms with Crippen LogP contribution in [0.15, 0.2) is 176 Å². The highest BCUT2D eigenvalue weighted by molar-refractivity contribution is 6.17. The van der Waals surface area contributed by atoms with Gasteiger partial charge in [-0.25, -0.2) is 15.0 Å². The maximum Gasteiger partial charge on any atom is 0.164 e. The zero-order chi connectivity index (χ0) is 33.5. The van der Waals surface area contributed by atoms with Crippen molar-refractivity contribution in [3.05, 3.63) is 198 Å². The predicted octanol–water partition coefficient (Wildman–Crippen LogP) is 11.5. The topological polar surface area (TPSA) is 38.7 Å². The van der Waals surface area contributed by atoms with Gasteiger partial charge in [0, 0.05) is 16.7 Å². The Morgan fingerprint density at radius 2 is 0.765 bits per heavy atom. The monoisotopic (exact) mass is 647 g/mol. The average molecular weight is 648 g/mol. The van der Waals surface area contributed by atoms with Crippen LogP contribution in [0.5, 0.6) is 0 Å². The van der Waals surface area contributed by atoms with E-state index in [0.717, 1.165) is 22.3 Å². The first-order valence-electron chi connectivity index (χ1n) is 17.5. The molecule has 11 rings (SSSR count). The van der Waals surface area contributed by atoms with Gasteiger partial charge in [-0.3, -0.25) is 0 Å². The van der Waals surface area contributed by atoms with E-state index in [0.29, 0.717) is 17.5 Å². The van der Waals surface area contributed by atoms with Crippen LogP contribution in [0.25, 0.3) is 78.0 Å². The number of rotatable bonds is 4. The molecule has 0 radical (unpaired) electrons. The molecule has 2 aliphatic rings. The molecular formula is C48H29N3. The van der Waals surface area contributed by atoms with Crippen LogP contribution in [-0.2, 0) is 5.41 Å². The molecule has 1 heterocycles. The van der Waals surface area contributed by atoms with E-state index in [1.807, 2.05) is 60.7 Å². The van der Waals surface area contributed by atoms with E-state index in [4.69, 9.17) is 15.0 Å². The first kappa shape index (κ1) is 28.2. The zero-order valence-electron chi connectivity index (χ0n) is 27.6. The van der Waals surface area contributed by atoms with Crippen LogP contribution in [0.4, 0.5) is 0 Å². The lowest BCUT2D eigenvalue weighted by molar-refractivity contribution is 0.797. The third-order valence-electron chi connectivity index (χ3n) is 10.9. The van der Waals surface area contributed by atoms with Crippen molar-refractivity contribution in [1.82, 2.24) is 15.0 Å². The van der Waals surface area contributed by atoms with Crippen molar-refractivity contribution in [3.8, 4) is 56.4 Å². The summed E-state index contributed by atoms with van der Waals surface area (Å²) >= 11 is 0. The van der Waals surface area contributed by atoms with E-state index in [2.05, 4.69) is 115 Å². The Morgan fingerprint density at radius 1 is 0.314 bits per heavy atom. The Morgan fingerprint density at radius 3 is 1.41 bits per heavy atom. The molecule has 0 bridgehead atoms. The van der Waals surface area contributed by atoms with Crippen molar-refractivity contribution in [2.24, 2.45) is 0 Å². The molecular weight excluding hydrogens is 619 g/mol. The summed E-state index contributed by atoms with van der Waals surface area (Å²) in [6, 6.07) is 63.1. The summed E-state index contributed by atoms with van der Waals surface area (Å²) in [5.74, 6) is 1.97. The van der Waals surface area contributed by atoms with Gasteiger partial charge in [-0.15, -0.1) is 0 Å². The van der Waals surface area contributed by atoms with Gasteiger partial charge in [0.05, 0.1) is 5.41 Å². The summed E-state index contributed by atoms with van der Waals surface area (Å²) in [7, 11) is 0. The number of hydrogen-bond donors (Lipinski definition) is 0. The highest BCUT2D eigenvalue weighted by Gasteiger charge is 2.51. The van der Waals surface area contributed by atoms with Gasteiger partial charge in [-0.05, 0) is 72.1 Å². The normalized spacial score (nSPS) is 13.3. The Hall–Kier alpha value is -6.71. The molecule has 0 aliphatic heterocycles. The van der Waals surface area contributed by atoms with Crippen molar-refractivity contribution in [3.63, 3.8) is 0 Å². The predicted molar refractivity (Wildman–Crippen MR) is 207 cm³/mol. The standard InChI is InChI=1S/C48H29N3/c1-3-13-32(14-4-1)45-49-46(33-15-5-2-6-16-33)51-47(50-45)35-20-9-19-34(29-35)36-22-12-26-41-44(36)37-21-7-8-23-38(37)48(41)39-24-10-17-30-27-28-31-18-11-25-40(48)43(31)42(30)39/h1-29H. The van der Waals surface area contributed by atoms with E-state index >= 15 is 0 Å². The Kier molecular flexibility index (Phi) is 5.88. The van der Waals surface area contributed by atoms with E-state index in [1.165, 1.54) is 60.5 Å². The largest absolute Gasteiger partial charge is 0.208 e. The SMILES string of the molecule is c1ccc(-c2nc(-c3ccccc3)nc(-c3cccc(-c4cccc5c4-c4ccccc4C54c5cccc6ccc7cccc4c7c56)c3)n2)cc1. The minimum atomic E-state index is -0.397. The molecule has 2 aliphatic carbocycles. The summed E-state index contributed by atoms with van der Waals surface area (Å²) in [4.78, 5) is 15.0. The molecule has 0 N–H and O–H groups in total. The molecule has 0 saturated carbocycles. The molecule has 51 heavy (non-hydrogen) atoms. The smallest absolute Gasteiger partial charge is 0.164 e. The van der Waals surface area contributed by atoms with Gasteiger partial charge in [0.2, 0.25) is 0 Å². The summed E-state index contributed by atoms with van der Waals surface area (Å²) in [6.45, 7) is 0. The van der Waals surface area contributed by atoms with E-state index < -0.39 is 5.41 Å². The molecule has 0 saturated heterocycles. The zero-order valence-corrected chi connectivity index (χ0v) is 27.6. The van der Waals surface area contributed by atoms with E-state index in [-0.39, 0.29) is 0 Å². The molecule has 0 amide bonds. The molecule has 8 aromatic carbocycles. The molecule has 9 aromatic rings. The molecule has 236 valence electrons. The van der Waals surface area contributed by atoms with Gasteiger partial charge >= 0.3 is 0 Å². The quantitative estimate of drug-likeness (QED) is 0.178. The van der Waals surface area contributed by atoms with Crippen molar-refractivity contribution in [2.75, 3.05) is 0 Å². The molecule has 0 atom stereocenters. The highest BCUT2D eigenvalue weighted by atomic mass is 15.0. The van der Waals surface area contributed by atoms with Gasteiger partial charge in [-0.2, -0.15) is 0 Å². The van der Waals surface area contributed by atoms with Crippen LogP contribution >= 0.6 is 0 Å². The van der Waals surface area contributed by atoms with Crippen LogP contribution in [0, 0.1) is 0 Å². The Labute approximate surface area is 295 Å². The second-order valence-corrected chi connectivity index (χ2v) is 13.5. The molecule has 3 nitrogen and oxygen atoms in total. The maximum absolute atomic E-state index is 5.04. The lowest BCUT2D eigenvalue weighted by Gasteiger charge is -2.31. The van der Waals surface area contributed by atoms with Crippen LogP contribution in [0.2, 0.25) is 0 Å². The summed E-state index contributed by atoms with van der Waals surface area (Å²) in [5, 5.41) is 5.33. The number of benzene rings is 8.